The van der Waals surface area contributed by atoms with Gasteiger partial charge in [-0.1, -0.05) is 34.1 Å². The maximum absolute atomic E-state index is 13.1. The highest BCUT2D eigenvalue weighted by Crippen LogP contribution is 2.36. The first-order valence-corrected chi connectivity index (χ1v) is 10.1. The van der Waals surface area contributed by atoms with Crippen molar-refractivity contribution in [2.45, 2.75) is 19.3 Å². The van der Waals surface area contributed by atoms with E-state index in [4.69, 9.17) is 4.74 Å². The van der Waals surface area contributed by atoms with Crippen LogP contribution < -0.4 is 9.64 Å². The third-order valence-corrected chi connectivity index (χ3v) is 5.43. The van der Waals surface area contributed by atoms with Crippen LogP contribution in [0.15, 0.2) is 53.0 Å². The summed E-state index contributed by atoms with van der Waals surface area (Å²) in [5.74, 6) is 0.426. The Morgan fingerprint density at radius 1 is 1.13 bits per heavy atom. The third-order valence-electron chi connectivity index (χ3n) is 4.93. The number of benzene rings is 2. The number of hydrogen-bond acceptors (Lipinski definition) is 3. The standard InChI is InChI=1S/C21H18BrF3N4O2/c1-27-12-17-18(28(2)20(27)30)26-19(29(17)11-13-5-3-7-15(22)9-13)31-16-8-4-6-14(10-16)21(23,24)25/h3-10H,11-12H2,1-2H3. The van der Waals surface area contributed by atoms with Crippen LogP contribution in [0.1, 0.15) is 16.8 Å². The van der Waals surface area contributed by atoms with Crippen molar-refractivity contribution in [1.82, 2.24) is 14.5 Å². The maximum Gasteiger partial charge on any atom is 0.416 e. The number of carbonyl (C=O) groups is 1. The molecule has 0 fully saturated rings. The number of imidazole rings is 1. The lowest BCUT2D eigenvalue weighted by Gasteiger charge is -2.30. The Morgan fingerprint density at radius 3 is 2.58 bits per heavy atom. The summed E-state index contributed by atoms with van der Waals surface area (Å²) in [6.07, 6.45) is -4.49. The van der Waals surface area contributed by atoms with Gasteiger partial charge in [0, 0.05) is 18.6 Å². The highest BCUT2D eigenvalue weighted by Gasteiger charge is 2.33. The topological polar surface area (TPSA) is 50.6 Å². The van der Waals surface area contributed by atoms with Crippen LogP contribution in [0.3, 0.4) is 0 Å². The van der Waals surface area contributed by atoms with Crippen LogP contribution in [-0.4, -0.2) is 34.6 Å². The smallest absolute Gasteiger partial charge is 0.416 e. The van der Waals surface area contributed by atoms with Crippen LogP contribution in [0.2, 0.25) is 0 Å². The first kappa shape index (κ1) is 21.2. The lowest BCUT2D eigenvalue weighted by molar-refractivity contribution is -0.137. The van der Waals surface area contributed by atoms with E-state index in [0.717, 1.165) is 27.9 Å². The summed E-state index contributed by atoms with van der Waals surface area (Å²) < 4.78 is 47.8. The van der Waals surface area contributed by atoms with E-state index in [1.54, 1.807) is 18.7 Å². The molecule has 0 saturated carbocycles. The lowest BCUT2D eigenvalue weighted by atomic mass is 10.2. The van der Waals surface area contributed by atoms with Crippen molar-refractivity contribution in [3.05, 3.63) is 69.8 Å². The molecular formula is C21H18BrF3N4O2. The molecule has 1 aromatic heterocycles. The number of nitrogens with zero attached hydrogens (tertiary/aromatic N) is 4. The van der Waals surface area contributed by atoms with E-state index in [0.29, 0.717) is 18.9 Å². The summed E-state index contributed by atoms with van der Waals surface area (Å²) >= 11 is 3.44. The van der Waals surface area contributed by atoms with Gasteiger partial charge in [0.25, 0.3) is 0 Å². The Kier molecular flexibility index (Phi) is 5.42. The minimum absolute atomic E-state index is 0.00926. The van der Waals surface area contributed by atoms with Crippen LogP contribution in [0.25, 0.3) is 0 Å². The average Bonchev–Trinajstić information content (AvgIpc) is 3.03. The number of fused-ring (bicyclic) bond motifs is 1. The minimum Gasteiger partial charge on any atom is -0.425 e. The van der Waals surface area contributed by atoms with Gasteiger partial charge in [-0.25, -0.2) is 4.79 Å². The minimum atomic E-state index is -4.49. The Balaban J connectivity index is 1.77. The molecule has 6 nitrogen and oxygen atoms in total. The first-order chi connectivity index (χ1) is 14.6. The van der Waals surface area contributed by atoms with Crippen LogP contribution in [0.5, 0.6) is 11.8 Å². The predicted octanol–water partition coefficient (Wildman–Crippen LogP) is 5.51. The molecular weight excluding hydrogens is 477 g/mol. The summed E-state index contributed by atoms with van der Waals surface area (Å²) in [4.78, 5) is 19.7. The molecule has 2 amide bonds. The van der Waals surface area contributed by atoms with E-state index in [-0.39, 0.29) is 17.8 Å². The second-order valence-electron chi connectivity index (χ2n) is 7.21. The second-order valence-corrected chi connectivity index (χ2v) is 8.12. The fraction of sp³-hybridized carbons (Fsp3) is 0.238. The van der Waals surface area contributed by atoms with Gasteiger partial charge in [0.2, 0.25) is 0 Å². The lowest BCUT2D eigenvalue weighted by Crippen LogP contribution is -2.43. The van der Waals surface area contributed by atoms with Crippen molar-refractivity contribution in [1.29, 1.82) is 0 Å². The molecule has 1 aliphatic rings. The van der Waals surface area contributed by atoms with Crippen molar-refractivity contribution >= 4 is 27.8 Å². The van der Waals surface area contributed by atoms with Gasteiger partial charge in [0.15, 0.2) is 5.82 Å². The molecule has 0 saturated heterocycles. The normalized spacial score (nSPS) is 14.1. The fourth-order valence-electron chi connectivity index (χ4n) is 3.42. The number of urea groups is 1. The number of carbonyl (C=O) groups excluding carboxylic acids is 1. The van der Waals surface area contributed by atoms with Crippen molar-refractivity contribution in [3.8, 4) is 11.8 Å². The molecule has 0 bridgehead atoms. The summed E-state index contributed by atoms with van der Waals surface area (Å²) in [6, 6.07) is 12.1. The molecule has 31 heavy (non-hydrogen) atoms. The predicted molar refractivity (Wildman–Crippen MR) is 112 cm³/mol. The van der Waals surface area contributed by atoms with Gasteiger partial charge >= 0.3 is 18.2 Å². The number of alkyl halides is 3. The molecule has 0 radical (unpaired) electrons. The fourth-order valence-corrected chi connectivity index (χ4v) is 3.86. The van der Waals surface area contributed by atoms with Crippen molar-refractivity contribution in [3.63, 3.8) is 0 Å². The molecule has 162 valence electrons. The molecule has 0 spiro atoms. The number of amides is 2. The number of rotatable bonds is 4. The second kappa shape index (κ2) is 7.92. The van der Waals surface area contributed by atoms with Crippen LogP contribution in [0.4, 0.5) is 23.8 Å². The number of aromatic nitrogens is 2. The Hall–Kier alpha value is -3.01. The van der Waals surface area contributed by atoms with Gasteiger partial charge in [0.1, 0.15) is 5.75 Å². The van der Waals surface area contributed by atoms with Gasteiger partial charge in [-0.15, -0.1) is 0 Å². The van der Waals surface area contributed by atoms with Crippen LogP contribution >= 0.6 is 15.9 Å². The van der Waals surface area contributed by atoms with Gasteiger partial charge in [0.05, 0.1) is 24.3 Å². The molecule has 10 heteroatoms. The van der Waals surface area contributed by atoms with Crippen LogP contribution in [-0.2, 0) is 19.3 Å². The van der Waals surface area contributed by atoms with E-state index >= 15 is 0 Å². The zero-order valence-corrected chi connectivity index (χ0v) is 18.2. The molecule has 3 aromatic rings. The number of halogens is 4. The van der Waals surface area contributed by atoms with Crippen molar-refractivity contribution in [2.24, 2.45) is 0 Å². The summed E-state index contributed by atoms with van der Waals surface area (Å²) in [6.45, 7) is 0.664. The molecule has 2 aromatic carbocycles. The largest absolute Gasteiger partial charge is 0.425 e. The number of ether oxygens (including phenoxy) is 1. The number of anilines is 1. The molecule has 1 aliphatic heterocycles. The summed E-state index contributed by atoms with van der Waals surface area (Å²) in [7, 11) is 3.27. The average molecular weight is 495 g/mol. The quantitative estimate of drug-likeness (QED) is 0.480. The maximum atomic E-state index is 13.1. The number of hydrogen-bond donors (Lipinski definition) is 0. The Bertz CT molecular complexity index is 1150. The van der Waals surface area contributed by atoms with Crippen molar-refractivity contribution < 1.29 is 22.7 Å². The van der Waals surface area contributed by atoms with Crippen molar-refractivity contribution in [2.75, 3.05) is 19.0 Å². The molecule has 0 atom stereocenters. The molecule has 4 rings (SSSR count). The molecule has 0 aliphatic carbocycles. The third kappa shape index (κ3) is 4.25. The van der Waals surface area contributed by atoms with E-state index in [2.05, 4.69) is 20.9 Å². The summed E-state index contributed by atoms with van der Waals surface area (Å²) in [5, 5.41) is 0. The summed E-state index contributed by atoms with van der Waals surface area (Å²) in [5.41, 5.74) is 0.851. The Morgan fingerprint density at radius 2 is 1.87 bits per heavy atom. The van der Waals surface area contributed by atoms with Gasteiger partial charge in [-0.05, 0) is 35.9 Å². The molecule has 2 heterocycles. The highest BCUT2D eigenvalue weighted by molar-refractivity contribution is 9.10. The Labute approximate surface area is 185 Å². The SMILES string of the molecule is CN1Cc2c(nc(Oc3cccc(C(F)(F)F)c3)n2Cc2cccc(Br)c2)N(C)C1=O. The van der Waals surface area contributed by atoms with Gasteiger partial charge in [-0.2, -0.15) is 18.2 Å². The van der Waals surface area contributed by atoms with E-state index in [9.17, 15) is 18.0 Å². The van der Waals surface area contributed by atoms with E-state index < -0.39 is 11.7 Å². The molecule has 0 unspecified atom stereocenters. The molecule has 0 N–H and O–H groups in total. The zero-order valence-electron chi connectivity index (χ0n) is 16.7. The zero-order chi connectivity index (χ0) is 22.3. The van der Waals surface area contributed by atoms with Crippen LogP contribution in [0, 0.1) is 0 Å². The van der Waals surface area contributed by atoms with E-state index in [1.165, 1.54) is 21.9 Å². The first-order valence-electron chi connectivity index (χ1n) is 9.31. The highest BCUT2D eigenvalue weighted by atomic mass is 79.9. The van der Waals surface area contributed by atoms with Gasteiger partial charge < -0.3 is 9.64 Å². The van der Waals surface area contributed by atoms with E-state index in [1.807, 2.05) is 24.3 Å². The van der Waals surface area contributed by atoms with Gasteiger partial charge in [-0.3, -0.25) is 9.47 Å². The monoisotopic (exact) mass is 494 g/mol.